The lowest BCUT2D eigenvalue weighted by molar-refractivity contribution is 0.391. The van der Waals surface area contributed by atoms with Crippen LogP contribution >= 0.6 is 23.4 Å². The van der Waals surface area contributed by atoms with Crippen molar-refractivity contribution in [2.75, 3.05) is 37.6 Å². The highest BCUT2D eigenvalue weighted by molar-refractivity contribution is 8.14. The number of halogens is 1. The molecule has 1 aromatic rings. The Labute approximate surface area is 128 Å². The maximum absolute atomic E-state index is 6.01. The van der Waals surface area contributed by atoms with Crippen LogP contribution in [0.5, 0.6) is 0 Å². The van der Waals surface area contributed by atoms with E-state index in [0.717, 1.165) is 44.4 Å². The van der Waals surface area contributed by atoms with Crippen LogP contribution in [-0.2, 0) is 0 Å². The second-order valence-corrected chi connectivity index (χ2v) is 6.91. The Morgan fingerprint density at radius 2 is 1.90 bits per heavy atom. The minimum Gasteiger partial charge on any atom is -0.353 e. The van der Waals surface area contributed by atoms with Crippen LogP contribution in [0.15, 0.2) is 11.1 Å². The van der Waals surface area contributed by atoms with E-state index in [1.165, 1.54) is 5.17 Å². The summed E-state index contributed by atoms with van der Waals surface area (Å²) in [5.74, 6) is 1.65. The maximum atomic E-state index is 6.01. The number of thioether (sulfide) groups is 1. The molecule has 1 aromatic heterocycles. The van der Waals surface area contributed by atoms with Gasteiger partial charge in [0, 0.05) is 37.5 Å². The van der Waals surface area contributed by atoms with Crippen LogP contribution < -0.4 is 4.90 Å². The molecule has 1 saturated heterocycles. The molecule has 0 unspecified atom stereocenters. The Morgan fingerprint density at radius 1 is 1.20 bits per heavy atom. The summed E-state index contributed by atoms with van der Waals surface area (Å²) in [6, 6.07) is 1.84. The Morgan fingerprint density at radius 3 is 2.50 bits per heavy atom. The number of aliphatic imine (C=N–C) groups is 1. The van der Waals surface area contributed by atoms with Crippen molar-refractivity contribution in [2.24, 2.45) is 4.99 Å². The Hall–Kier alpha value is -1.01. The van der Waals surface area contributed by atoms with Crippen LogP contribution in [0.3, 0.4) is 0 Å². The molecule has 108 valence electrons. The third-order valence-corrected chi connectivity index (χ3v) is 4.80. The predicted octanol–water partition coefficient (Wildman–Crippen LogP) is 2.05. The molecule has 0 aromatic carbocycles. The summed E-state index contributed by atoms with van der Waals surface area (Å²) in [4.78, 5) is 17.8. The molecule has 0 spiro atoms. The second-order valence-electron chi connectivity index (χ2n) is 5.12. The van der Waals surface area contributed by atoms with Crippen LogP contribution in [-0.4, -0.2) is 58.0 Å². The molecule has 3 rings (SSSR count). The summed E-state index contributed by atoms with van der Waals surface area (Å²) in [5, 5.41) is 2.33. The van der Waals surface area contributed by atoms with Gasteiger partial charge in [0.2, 0.25) is 0 Å². The zero-order valence-electron chi connectivity index (χ0n) is 11.7. The highest BCUT2D eigenvalue weighted by Gasteiger charge is 2.25. The molecule has 5 nitrogen and oxygen atoms in total. The molecule has 0 saturated carbocycles. The topological polar surface area (TPSA) is 44.6 Å². The van der Waals surface area contributed by atoms with E-state index in [1.54, 1.807) is 0 Å². The van der Waals surface area contributed by atoms with Crippen molar-refractivity contribution in [1.82, 2.24) is 14.9 Å². The molecule has 0 radical (unpaired) electrons. The van der Waals surface area contributed by atoms with Gasteiger partial charge in [-0.15, -0.1) is 0 Å². The number of nitrogens with zero attached hydrogens (tertiary/aromatic N) is 5. The number of hydrogen-bond acceptors (Lipinski definition) is 6. The first-order chi connectivity index (χ1) is 9.61. The smallest absolute Gasteiger partial charge is 0.159 e. The van der Waals surface area contributed by atoms with Gasteiger partial charge >= 0.3 is 0 Å². The van der Waals surface area contributed by atoms with Gasteiger partial charge in [0.25, 0.3) is 0 Å². The average Bonchev–Trinajstić information content (AvgIpc) is 2.84. The number of piperazine rings is 1. The first-order valence-corrected chi connectivity index (χ1v) is 8.10. The zero-order valence-corrected chi connectivity index (χ0v) is 13.3. The van der Waals surface area contributed by atoms with Crippen LogP contribution in [0.2, 0.25) is 5.15 Å². The first kappa shape index (κ1) is 13.9. The molecule has 0 aliphatic carbocycles. The fourth-order valence-corrected chi connectivity index (χ4v) is 3.65. The van der Waals surface area contributed by atoms with Gasteiger partial charge in [0.15, 0.2) is 5.17 Å². The van der Waals surface area contributed by atoms with E-state index in [-0.39, 0.29) is 0 Å². The molecule has 2 aliphatic heterocycles. The number of hydrogen-bond donors (Lipinski definition) is 0. The van der Waals surface area contributed by atoms with E-state index in [4.69, 9.17) is 11.6 Å². The SMILES string of the molecule is Cc1nc(Cl)cc(N2CCN(C3=NC[C@@H](C)S3)CC2)n1. The summed E-state index contributed by atoms with van der Waals surface area (Å²) in [6.07, 6.45) is 0. The van der Waals surface area contributed by atoms with E-state index in [2.05, 4.69) is 31.7 Å². The van der Waals surface area contributed by atoms with Crippen molar-refractivity contribution < 1.29 is 0 Å². The van der Waals surface area contributed by atoms with Crippen LogP contribution in [0.4, 0.5) is 5.82 Å². The van der Waals surface area contributed by atoms with Gasteiger partial charge in [0.05, 0.1) is 6.54 Å². The van der Waals surface area contributed by atoms with Crippen molar-refractivity contribution in [1.29, 1.82) is 0 Å². The van der Waals surface area contributed by atoms with E-state index < -0.39 is 0 Å². The third-order valence-electron chi connectivity index (χ3n) is 3.46. The summed E-state index contributed by atoms with van der Waals surface area (Å²) < 4.78 is 0. The van der Waals surface area contributed by atoms with Crippen molar-refractivity contribution in [3.63, 3.8) is 0 Å². The second kappa shape index (κ2) is 5.77. The summed E-state index contributed by atoms with van der Waals surface area (Å²) >= 11 is 7.89. The summed E-state index contributed by atoms with van der Waals surface area (Å²) in [5.41, 5.74) is 0. The monoisotopic (exact) mass is 311 g/mol. The molecule has 3 heterocycles. The minimum absolute atomic E-state index is 0.513. The van der Waals surface area contributed by atoms with Gasteiger partial charge in [-0.3, -0.25) is 4.99 Å². The lowest BCUT2D eigenvalue weighted by Crippen LogP contribution is -2.48. The third kappa shape index (κ3) is 3.01. The maximum Gasteiger partial charge on any atom is 0.159 e. The molecule has 0 amide bonds. The van der Waals surface area contributed by atoms with Gasteiger partial charge in [-0.25, -0.2) is 9.97 Å². The number of amidine groups is 1. The van der Waals surface area contributed by atoms with Gasteiger partial charge < -0.3 is 9.80 Å². The van der Waals surface area contributed by atoms with Crippen LogP contribution in [0.1, 0.15) is 12.7 Å². The van der Waals surface area contributed by atoms with Gasteiger partial charge in [0.1, 0.15) is 16.8 Å². The lowest BCUT2D eigenvalue weighted by Gasteiger charge is -2.36. The molecule has 1 fully saturated rings. The molecular weight excluding hydrogens is 294 g/mol. The zero-order chi connectivity index (χ0) is 14.1. The molecular formula is C13H18ClN5S. The van der Waals surface area contributed by atoms with Crippen molar-refractivity contribution >= 4 is 34.3 Å². The van der Waals surface area contributed by atoms with E-state index in [1.807, 2.05) is 24.8 Å². The van der Waals surface area contributed by atoms with E-state index >= 15 is 0 Å². The first-order valence-electron chi connectivity index (χ1n) is 6.84. The Bertz CT molecular complexity index is 507. The van der Waals surface area contributed by atoms with Crippen LogP contribution in [0, 0.1) is 6.92 Å². The van der Waals surface area contributed by atoms with Gasteiger partial charge in [-0.2, -0.15) is 0 Å². The molecule has 1 atom stereocenters. The van der Waals surface area contributed by atoms with Crippen molar-refractivity contribution in [3.05, 3.63) is 17.0 Å². The number of anilines is 1. The van der Waals surface area contributed by atoms with E-state index in [9.17, 15) is 0 Å². The fourth-order valence-electron chi connectivity index (χ4n) is 2.44. The molecule has 2 aliphatic rings. The Balaban J connectivity index is 1.63. The molecule has 20 heavy (non-hydrogen) atoms. The normalized spacial score (nSPS) is 23.1. The molecule has 7 heteroatoms. The predicted molar refractivity (Wildman–Crippen MR) is 84.9 cm³/mol. The van der Waals surface area contributed by atoms with Crippen LogP contribution in [0.25, 0.3) is 0 Å². The lowest BCUT2D eigenvalue weighted by atomic mass is 10.3. The van der Waals surface area contributed by atoms with Crippen molar-refractivity contribution in [3.8, 4) is 0 Å². The van der Waals surface area contributed by atoms with Gasteiger partial charge in [-0.1, -0.05) is 30.3 Å². The number of rotatable bonds is 1. The minimum atomic E-state index is 0.513. The molecule has 0 bridgehead atoms. The summed E-state index contributed by atoms with van der Waals surface area (Å²) in [6.45, 7) is 8.90. The van der Waals surface area contributed by atoms with Gasteiger partial charge in [-0.05, 0) is 6.92 Å². The number of aryl methyl sites for hydroxylation is 1. The van der Waals surface area contributed by atoms with Crippen molar-refractivity contribution in [2.45, 2.75) is 19.1 Å². The fraction of sp³-hybridized carbons (Fsp3) is 0.615. The standard InChI is InChI=1S/C13H18ClN5S/c1-9-8-15-13(20-9)19-5-3-18(4-6-19)12-7-11(14)16-10(2)17-12/h7,9H,3-6,8H2,1-2H3/t9-/m1/s1. The van der Waals surface area contributed by atoms with E-state index in [0.29, 0.717) is 10.4 Å². The average molecular weight is 312 g/mol. The largest absolute Gasteiger partial charge is 0.353 e. The molecule has 0 N–H and O–H groups in total. The highest BCUT2D eigenvalue weighted by atomic mass is 35.5. The Kier molecular flexibility index (Phi) is 4.03. The quantitative estimate of drug-likeness (QED) is 0.743. The number of aromatic nitrogens is 2. The summed E-state index contributed by atoms with van der Waals surface area (Å²) in [7, 11) is 0. The highest BCUT2D eigenvalue weighted by Crippen LogP contribution is 2.25.